The quantitative estimate of drug-likeness (QED) is 0.800. The largest absolute Gasteiger partial charge is 0.480 e. The molecule has 4 nitrogen and oxygen atoms in total. The summed E-state index contributed by atoms with van der Waals surface area (Å²) in [6.45, 7) is 3.84. The van der Waals surface area contributed by atoms with Crippen LogP contribution in [0, 0.1) is 0 Å². The molecule has 110 valence electrons. The van der Waals surface area contributed by atoms with Crippen molar-refractivity contribution in [2.24, 2.45) is 0 Å². The highest BCUT2D eigenvalue weighted by Crippen LogP contribution is 2.26. The van der Waals surface area contributed by atoms with E-state index in [1.165, 1.54) is 5.56 Å². The molecule has 0 amide bonds. The maximum atomic E-state index is 10.8. The lowest BCUT2D eigenvalue weighted by Gasteiger charge is -2.42. The third-order valence-corrected chi connectivity index (χ3v) is 4.35. The number of hydrogen-bond acceptors (Lipinski definition) is 3. The Morgan fingerprint density at radius 1 is 1.50 bits per heavy atom. The van der Waals surface area contributed by atoms with Crippen LogP contribution in [0.1, 0.15) is 25.3 Å². The molecule has 0 radical (unpaired) electrons. The maximum Gasteiger partial charge on any atom is 0.317 e. The van der Waals surface area contributed by atoms with E-state index in [2.05, 4.69) is 33.4 Å². The van der Waals surface area contributed by atoms with E-state index in [0.29, 0.717) is 12.1 Å². The maximum absolute atomic E-state index is 10.8. The van der Waals surface area contributed by atoms with Gasteiger partial charge in [0.15, 0.2) is 0 Å². The second-order valence-corrected chi connectivity index (χ2v) is 6.21. The Morgan fingerprint density at radius 3 is 2.85 bits per heavy atom. The summed E-state index contributed by atoms with van der Waals surface area (Å²) >= 11 is 3.47. The van der Waals surface area contributed by atoms with E-state index in [4.69, 9.17) is 5.11 Å². The number of carbonyl (C=O) groups is 1. The molecule has 2 rings (SSSR count). The first-order valence-corrected chi connectivity index (χ1v) is 7.81. The van der Waals surface area contributed by atoms with E-state index in [9.17, 15) is 4.79 Å². The second-order valence-electron chi connectivity index (χ2n) is 5.29. The number of rotatable bonds is 7. The first-order chi connectivity index (χ1) is 9.58. The van der Waals surface area contributed by atoms with Crippen molar-refractivity contribution < 1.29 is 9.90 Å². The molecule has 2 N–H and O–H groups in total. The average Bonchev–Trinajstić information content (AvgIpc) is 2.35. The fourth-order valence-corrected chi connectivity index (χ4v) is 3.08. The highest BCUT2D eigenvalue weighted by atomic mass is 79.9. The lowest BCUT2D eigenvalue weighted by molar-refractivity contribution is -0.139. The number of benzene rings is 1. The summed E-state index contributed by atoms with van der Waals surface area (Å²) in [6, 6.07) is 9.20. The lowest BCUT2D eigenvalue weighted by atomic mass is 9.85. The van der Waals surface area contributed by atoms with Crippen molar-refractivity contribution in [3.05, 3.63) is 34.3 Å². The molecule has 0 spiro atoms. The standard InChI is InChI=1S/C15H21BrN2O2/c1-2-18(10-15(19)20)14-7-13(8-14)17-9-11-4-3-5-12(16)6-11/h3-6,13-14,17H,2,7-10H2,1H3,(H,19,20). The third-order valence-electron chi connectivity index (χ3n) is 3.86. The van der Waals surface area contributed by atoms with Crippen LogP contribution in [0.5, 0.6) is 0 Å². The monoisotopic (exact) mass is 340 g/mol. The van der Waals surface area contributed by atoms with Gasteiger partial charge in [0.2, 0.25) is 0 Å². The topological polar surface area (TPSA) is 52.6 Å². The van der Waals surface area contributed by atoms with Crippen LogP contribution < -0.4 is 5.32 Å². The minimum Gasteiger partial charge on any atom is -0.480 e. The van der Waals surface area contributed by atoms with Gasteiger partial charge in [-0.1, -0.05) is 35.0 Å². The van der Waals surface area contributed by atoms with Gasteiger partial charge in [-0.05, 0) is 37.1 Å². The molecule has 0 aliphatic heterocycles. The summed E-state index contributed by atoms with van der Waals surface area (Å²) < 4.78 is 1.10. The number of nitrogens with one attached hydrogen (secondary N) is 1. The minimum absolute atomic E-state index is 0.152. The predicted octanol–water partition coefficient (Wildman–Crippen LogP) is 2.48. The Kier molecular flexibility index (Phi) is 5.57. The number of likely N-dealkylation sites (N-methyl/N-ethyl adjacent to an activating group) is 1. The molecule has 0 heterocycles. The summed E-state index contributed by atoms with van der Waals surface area (Å²) in [5.41, 5.74) is 1.26. The van der Waals surface area contributed by atoms with Gasteiger partial charge in [0.25, 0.3) is 0 Å². The van der Waals surface area contributed by atoms with Crippen molar-refractivity contribution >= 4 is 21.9 Å². The molecule has 5 heteroatoms. The molecule has 1 aromatic carbocycles. The van der Waals surface area contributed by atoms with Crippen LogP contribution in [0.2, 0.25) is 0 Å². The third kappa shape index (κ3) is 4.30. The van der Waals surface area contributed by atoms with Gasteiger partial charge in [0, 0.05) is 23.1 Å². The number of aliphatic carboxylic acids is 1. The number of nitrogens with zero attached hydrogens (tertiary/aromatic N) is 1. The molecule has 1 fully saturated rings. The normalized spacial score (nSPS) is 21.8. The highest BCUT2D eigenvalue weighted by molar-refractivity contribution is 9.10. The first-order valence-electron chi connectivity index (χ1n) is 7.02. The number of halogens is 1. The molecule has 0 saturated heterocycles. The van der Waals surface area contributed by atoms with Gasteiger partial charge in [-0.25, -0.2) is 0 Å². The zero-order chi connectivity index (χ0) is 14.5. The zero-order valence-corrected chi connectivity index (χ0v) is 13.3. The summed E-state index contributed by atoms with van der Waals surface area (Å²) in [7, 11) is 0. The first kappa shape index (κ1) is 15.5. The van der Waals surface area contributed by atoms with Gasteiger partial charge in [-0.2, -0.15) is 0 Å². The van der Waals surface area contributed by atoms with Gasteiger partial charge in [0.05, 0.1) is 6.54 Å². The van der Waals surface area contributed by atoms with E-state index in [1.807, 2.05) is 24.0 Å². The van der Waals surface area contributed by atoms with E-state index in [-0.39, 0.29) is 6.54 Å². The fourth-order valence-electron chi connectivity index (χ4n) is 2.63. The van der Waals surface area contributed by atoms with Crippen molar-refractivity contribution in [2.75, 3.05) is 13.1 Å². The number of hydrogen-bond donors (Lipinski definition) is 2. The lowest BCUT2D eigenvalue weighted by Crippen LogP contribution is -2.53. The van der Waals surface area contributed by atoms with Crippen molar-refractivity contribution in [1.29, 1.82) is 0 Å². The molecule has 0 aromatic heterocycles. The van der Waals surface area contributed by atoms with E-state index >= 15 is 0 Å². The molecule has 1 aliphatic carbocycles. The Morgan fingerprint density at radius 2 is 2.25 bits per heavy atom. The molecule has 20 heavy (non-hydrogen) atoms. The molecule has 1 saturated carbocycles. The highest BCUT2D eigenvalue weighted by Gasteiger charge is 2.33. The summed E-state index contributed by atoms with van der Waals surface area (Å²) in [5.74, 6) is -0.739. The minimum atomic E-state index is -0.739. The van der Waals surface area contributed by atoms with Gasteiger partial charge in [-0.3, -0.25) is 9.69 Å². The molecular formula is C15H21BrN2O2. The second kappa shape index (κ2) is 7.20. The molecule has 1 aromatic rings. The average molecular weight is 341 g/mol. The van der Waals surface area contributed by atoms with E-state index in [1.54, 1.807) is 0 Å². The number of carboxylic acid groups (broad SMARTS) is 1. The molecule has 1 aliphatic rings. The fraction of sp³-hybridized carbons (Fsp3) is 0.533. The van der Waals surface area contributed by atoms with Crippen molar-refractivity contribution in [1.82, 2.24) is 10.2 Å². The Hall–Kier alpha value is -0.910. The van der Waals surface area contributed by atoms with Crippen molar-refractivity contribution in [3.63, 3.8) is 0 Å². The Balaban J connectivity index is 1.72. The molecule has 0 atom stereocenters. The molecule has 0 bridgehead atoms. The smallest absolute Gasteiger partial charge is 0.317 e. The van der Waals surface area contributed by atoms with Crippen LogP contribution in [-0.4, -0.2) is 41.1 Å². The van der Waals surface area contributed by atoms with Crippen LogP contribution in [-0.2, 0) is 11.3 Å². The predicted molar refractivity (Wildman–Crippen MR) is 82.7 cm³/mol. The summed E-state index contributed by atoms with van der Waals surface area (Å²) in [4.78, 5) is 12.8. The summed E-state index contributed by atoms with van der Waals surface area (Å²) in [5, 5.41) is 12.4. The Labute approximate surface area is 128 Å². The van der Waals surface area contributed by atoms with Crippen LogP contribution >= 0.6 is 15.9 Å². The number of carboxylic acids is 1. The van der Waals surface area contributed by atoms with Gasteiger partial charge < -0.3 is 10.4 Å². The van der Waals surface area contributed by atoms with E-state index < -0.39 is 5.97 Å². The molecular weight excluding hydrogens is 320 g/mol. The van der Waals surface area contributed by atoms with Gasteiger partial charge >= 0.3 is 5.97 Å². The van der Waals surface area contributed by atoms with Gasteiger partial charge in [0.1, 0.15) is 0 Å². The van der Waals surface area contributed by atoms with E-state index in [0.717, 1.165) is 30.4 Å². The van der Waals surface area contributed by atoms with Crippen LogP contribution in [0.4, 0.5) is 0 Å². The molecule has 0 unspecified atom stereocenters. The summed E-state index contributed by atoms with van der Waals surface area (Å²) in [6.07, 6.45) is 2.07. The van der Waals surface area contributed by atoms with Crippen LogP contribution in [0.15, 0.2) is 28.7 Å². The van der Waals surface area contributed by atoms with Crippen LogP contribution in [0.3, 0.4) is 0 Å². The zero-order valence-electron chi connectivity index (χ0n) is 11.7. The SMILES string of the molecule is CCN(CC(=O)O)C1CC(NCc2cccc(Br)c2)C1. The van der Waals surface area contributed by atoms with Crippen LogP contribution in [0.25, 0.3) is 0 Å². The van der Waals surface area contributed by atoms with Crippen molar-refractivity contribution in [2.45, 2.75) is 38.4 Å². The van der Waals surface area contributed by atoms with Crippen molar-refractivity contribution in [3.8, 4) is 0 Å². The van der Waals surface area contributed by atoms with Gasteiger partial charge in [-0.15, -0.1) is 0 Å². The Bertz CT molecular complexity index is 461.